The Morgan fingerprint density at radius 1 is 1.00 bits per heavy atom. The first-order valence-corrected chi connectivity index (χ1v) is 10.1. The van der Waals surface area contributed by atoms with Crippen LogP contribution < -0.4 is 4.72 Å². The van der Waals surface area contributed by atoms with Crippen LogP contribution in [0.4, 0.5) is 0 Å². The molecule has 0 radical (unpaired) electrons. The summed E-state index contributed by atoms with van der Waals surface area (Å²) in [6, 6.07) is 22.7. The fourth-order valence-corrected chi connectivity index (χ4v) is 4.20. The van der Waals surface area contributed by atoms with Crippen molar-refractivity contribution >= 4 is 40.0 Å². The molecule has 4 nitrogen and oxygen atoms in total. The Hall–Kier alpha value is -2.67. The summed E-state index contributed by atoms with van der Waals surface area (Å²) in [7, 11) is 0. The number of hydrogen-bond donors (Lipinski definition) is 2. The van der Waals surface area contributed by atoms with Crippen LogP contribution >= 0.6 is 23.3 Å². The lowest BCUT2D eigenvalue weighted by Crippen LogP contribution is -2.15. The van der Waals surface area contributed by atoms with E-state index < -0.39 is 5.97 Å². The molecule has 0 aliphatic heterocycles. The van der Waals surface area contributed by atoms with E-state index in [9.17, 15) is 4.79 Å². The number of aliphatic carboxylic acids is 1. The smallest absolute Gasteiger partial charge is 0.318 e. The highest BCUT2D eigenvalue weighted by Crippen LogP contribution is 2.31. The van der Waals surface area contributed by atoms with Gasteiger partial charge in [0.05, 0.1) is 5.69 Å². The first kappa shape index (κ1) is 17.7. The van der Waals surface area contributed by atoms with Crippen LogP contribution in [0.2, 0.25) is 0 Å². The number of fused-ring (bicyclic) bond motifs is 1. The molecule has 0 saturated heterocycles. The van der Waals surface area contributed by atoms with Gasteiger partial charge in [-0.1, -0.05) is 48.5 Å². The van der Waals surface area contributed by atoms with Gasteiger partial charge < -0.3 is 5.11 Å². The number of thiazole rings is 1. The molecular weight excluding hydrogens is 376 g/mol. The summed E-state index contributed by atoms with van der Waals surface area (Å²) in [5, 5.41) is 14.1. The average Bonchev–Trinajstić information content (AvgIpc) is 3.18. The zero-order valence-electron chi connectivity index (χ0n) is 14.3. The summed E-state index contributed by atoms with van der Waals surface area (Å²) >= 11 is 2.93. The van der Waals surface area contributed by atoms with Crippen LogP contribution in [0.5, 0.6) is 0 Å². The van der Waals surface area contributed by atoms with Crippen molar-refractivity contribution in [3.63, 3.8) is 0 Å². The van der Waals surface area contributed by atoms with Crippen LogP contribution in [-0.2, 0) is 4.79 Å². The SMILES string of the molecule is O=C(O)CNSc1ccc(-c2nc(-c3ccc4ccccc4c3)cs2)cc1. The topological polar surface area (TPSA) is 62.2 Å². The van der Waals surface area contributed by atoms with Crippen molar-refractivity contribution in [3.8, 4) is 21.8 Å². The molecule has 4 aromatic rings. The maximum absolute atomic E-state index is 10.5. The minimum atomic E-state index is -0.872. The number of nitrogens with zero attached hydrogens (tertiary/aromatic N) is 1. The van der Waals surface area contributed by atoms with Crippen LogP contribution in [0.1, 0.15) is 0 Å². The van der Waals surface area contributed by atoms with E-state index in [1.165, 1.54) is 22.7 Å². The number of hydrogen-bond acceptors (Lipinski definition) is 5. The Kier molecular flexibility index (Phi) is 5.20. The Balaban J connectivity index is 1.52. The highest BCUT2D eigenvalue weighted by atomic mass is 32.2. The van der Waals surface area contributed by atoms with Crippen LogP contribution in [0.3, 0.4) is 0 Å². The van der Waals surface area contributed by atoms with E-state index in [-0.39, 0.29) is 6.54 Å². The lowest BCUT2D eigenvalue weighted by molar-refractivity contribution is -0.135. The van der Waals surface area contributed by atoms with Gasteiger partial charge in [0, 0.05) is 21.4 Å². The summed E-state index contributed by atoms with van der Waals surface area (Å²) in [5.41, 5.74) is 3.14. The molecule has 0 bridgehead atoms. The molecule has 0 fully saturated rings. The molecule has 0 aliphatic rings. The molecule has 27 heavy (non-hydrogen) atoms. The molecule has 3 aromatic carbocycles. The summed E-state index contributed by atoms with van der Waals surface area (Å²) in [6.45, 7) is -0.0754. The standard InChI is InChI=1S/C21H16N2O2S2/c24-20(25)12-22-27-18-9-7-15(8-10-18)21-23-19(13-26-21)17-6-5-14-3-1-2-4-16(14)11-17/h1-11,13,22H,12H2,(H,24,25). The van der Waals surface area contributed by atoms with Crippen molar-refractivity contribution in [2.45, 2.75) is 4.90 Å². The highest BCUT2D eigenvalue weighted by Gasteiger charge is 2.08. The molecule has 6 heteroatoms. The van der Waals surface area contributed by atoms with Crippen molar-refractivity contribution in [2.75, 3.05) is 6.54 Å². The largest absolute Gasteiger partial charge is 0.480 e. The van der Waals surface area contributed by atoms with E-state index in [1.807, 2.05) is 36.4 Å². The van der Waals surface area contributed by atoms with E-state index in [0.29, 0.717) is 0 Å². The van der Waals surface area contributed by atoms with Crippen LogP contribution in [-0.4, -0.2) is 22.6 Å². The van der Waals surface area contributed by atoms with Crippen molar-refractivity contribution in [1.29, 1.82) is 0 Å². The zero-order chi connectivity index (χ0) is 18.6. The van der Waals surface area contributed by atoms with Gasteiger partial charge in [-0.2, -0.15) is 0 Å². The van der Waals surface area contributed by atoms with Gasteiger partial charge >= 0.3 is 5.97 Å². The Bertz CT molecular complexity index is 1090. The van der Waals surface area contributed by atoms with Gasteiger partial charge in [-0.15, -0.1) is 11.3 Å². The summed E-state index contributed by atoms with van der Waals surface area (Å²) in [6.07, 6.45) is 0. The number of nitrogens with one attached hydrogen (secondary N) is 1. The second-order valence-corrected chi connectivity index (χ2v) is 7.76. The summed E-state index contributed by atoms with van der Waals surface area (Å²) in [4.78, 5) is 16.3. The molecule has 2 N–H and O–H groups in total. The van der Waals surface area contributed by atoms with Crippen molar-refractivity contribution in [1.82, 2.24) is 9.71 Å². The molecule has 0 unspecified atom stereocenters. The van der Waals surface area contributed by atoms with E-state index in [2.05, 4.69) is 40.4 Å². The van der Waals surface area contributed by atoms with Gasteiger partial charge in [0.15, 0.2) is 0 Å². The predicted octanol–water partition coefficient (Wildman–Crippen LogP) is 5.31. The molecule has 0 aliphatic carbocycles. The lowest BCUT2D eigenvalue weighted by atomic mass is 10.1. The van der Waals surface area contributed by atoms with E-state index in [0.717, 1.165) is 26.7 Å². The predicted molar refractivity (Wildman–Crippen MR) is 112 cm³/mol. The summed E-state index contributed by atoms with van der Waals surface area (Å²) in [5.74, 6) is -0.872. The molecule has 0 atom stereocenters. The number of aromatic nitrogens is 1. The van der Waals surface area contributed by atoms with Crippen molar-refractivity contribution in [3.05, 3.63) is 72.1 Å². The molecule has 4 rings (SSSR count). The third kappa shape index (κ3) is 4.19. The van der Waals surface area contributed by atoms with Gasteiger partial charge in [-0.3, -0.25) is 4.79 Å². The average molecular weight is 393 g/mol. The van der Waals surface area contributed by atoms with E-state index >= 15 is 0 Å². The molecule has 0 saturated carbocycles. The van der Waals surface area contributed by atoms with Gasteiger partial charge in [-0.05, 0) is 40.9 Å². The minimum Gasteiger partial charge on any atom is -0.480 e. The highest BCUT2D eigenvalue weighted by molar-refractivity contribution is 7.97. The van der Waals surface area contributed by atoms with Gasteiger partial charge in [-0.25, -0.2) is 9.71 Å². The monoisotopic (exact) mass is 392 g/mol. The van der Waals surface area contributed by atoms with Gasteiger partial charge in [0.2, 0.25) is 0 Å². The molecular formula is C21H16N2O2S2. The molecule has 134 valence electrons. The minimum absolute atomic E-state index is 0.0754. The lowest BCUT2D eigenvalue weighted by Gasteiger charge is -2.03. The van der Waals surface area contributed by atoms with E-state index in [1.54, 1.807) is 11.3 Å². The number of rotatable bonds is 6. The normalized spacial score (nSPS) is 11.0. The van der Waals surface area contributed by atoms with Gasteiger partial charge in [0.25, 0.3) is 0 Å². The maximum Gasteiger partial charge on any atom is 0.318 e. The first-order valence-electron chi connectivity index (χ1n) is 8.36. The van der Waals surface area contributed by atoms with Crippen molar-refractivity contribution < 1.29 is 9.90 Å². The summed E-state index contributed by atoms with van der Waals surface area (Å²) < 4.78 is 2.80. The third-order valence-corrected chi connectivity index (χ3v) is 5.75. The van der Waals surface area contributed by atoms with Crippen LogP contribution in [0, 0.1) is 0 Å². The van der Waals surface area contributed by atoms with Gasteiger partial charge in [0.1, 0.15) is 11.6 Å². The molecule has 0 spiro atoms. The number of carbonyl (C=O) groups is 1. The van der Waals surface area contributed by atoms with Crippen LogP contribution in [0.25, 0.3) is 32.6 Å². The third-order valence-electron chi connectivity index (χ3n) is 4.06. The number of carboxylic acid groups (broad SMARTS) is 1. The van der Waals surface area contributed by atoms with Crippen LogP contribution in [0.15, 0.2) is 77.0 Å². The first-order chi connectivity index (χ1) is 13.2. The molecule has 0 amide bonds. The number of carboxylic acids is 1. The fraction of sp³-hybridized carbons (Fsp3) is 0.0476. The van der Waals surface area contributed by atoms with Crippen molar-refractivity contribution in [2.24, 2.45) is 0 Å². The quantitative estimate of drug-likeness (QED) is 0.435. The Morgan fingerprint density at radius 3 is 2.52 bits per heavy atom. The Labute approximate surface area is 165 Å². The van der Waals surface area contributed by atoms with E-state index in [4.69, 9.17) is 10.1 Å². The molecule has 1 aromatic heterocycles. The fourth-order valence-electron chi connectivity index (χ4n) is 2.73. The maximum atomic E-state index is 10.5. The second kappa shape index (κ2) is 7.92. The second-order valence-electron chi connectivity index (χ2n) is 5.94. The zero-order valence-corrected chi connectivity index (χ0v) is 15.9. The Morgan fingerprint density at radius 2 is 1.74 bits per heavy atom. The molecule has 1 heterocycles. The number of benzene rings is 3.